The number of hydrogen-bond acceptors (Lipinski definition) is 0. The molecule has 1 aliphatic carbocycles. The first-order valence-electron chi connectivity index (χ1n) is 4.69. The van der Waals surface area contributed by atoms with Crippen molar-refractivity contribution in [2.45, 2.75) is 25.7 Å². The topological polar surface area (TPSA) is 0 Å². The van der Waals surface area contributed by atoms with Gasteiger partial charge in [-0.25, -0.2) is 0 Å². The van der Waals surface area contributed by atoms with Gasteiger partial charge in [-0.15, -0.1) is 0 Å². The zero-order valence-electron chi connectivity index (χ0n) is 7.46. The molecule has 1 atom stereocenters. The van der Waals surface area contributed by atoms with Gasteiger partial charge in [-0.1, -0.05) is 49.8 Å². The van der Waals surface area contributed by atoms with E-state index in [1.54, 1.807) is 0 Å². The summed E-state index contributed by atoms with van der Waals surface area (Å²) in [6.07, 6.45) is 7.13. The molecule has 0 heteroatoms. The molecule has 2 rings (SSSR count). The van der Waals surface area contributed by atoms with Crippen molar-refractivity contribution >= 4 is 6.08 Å². The van der Waals surface area contributed by atoms with Gasteiger partial charge < -0.3 is 0 Å². The minimum atomic E-state index is 0.686. The molecule has 0 amide bonds. The highest BCUT2D eigenvalue weighted by molar-refractivity contribution is 5.62. The molecule has 0 spiro atoms. The molecule has 1 aliphatic rings. The van der Waals surface area contributed by atoms with E-state index in [0.29, 0.717) is 5.92 Å². The van der Waals surface area contributed by atoms with E-state index in [2.05, 4.69) is 43.3 Å². The highest BCUT2D eigenvalue weighted by atomic mass is 14.2. The molecule has 0 saturated heterocycles. The van der Waals surface area contributed by atoms with Crippen molar-refractivity contribution in [1.29, 1.82) is 0 Å². The van der Waals surface area contributed by atoms with Gasteiger partial charge in [0, 0.05) is 5.92 Å². The molecule has 62 valence electrons. The monoisotopic (exact) mass is 158 g/mol. The van der Waals surface area contributed by atoms with Crippen molar-refractivity contribution in [3.8, 4) is 0 Å². The summed E-state index contributed by atoms with van der Waals surface area (Å²) in [5.41, 5.74) is 2.93. The highest BCUT2D eigenvalue weighted by Gasteiger charge is 2.14. The maximum absolute atomic E-state index is 2.33. The second kappa shape index (κ2) is 3.14. The van der Waals surface area contributed by atoms with Crippen molar-refractivity contribution in [3.63, 3.8) is 0 Å². The lowest BCUT2D eigenvalue weighted by Crippen LogP contribution is -1.91. The van der Waals surface area contributed by atoms with Crippen molar-refractivity contribution in [2.24, 2.45) is 0 Å². The van der Waals surface area contributed by atoms with Crippen LogP contribution >= 0.6 is 0 Å². The number of benzene rings is 1. The third kappa shape index (κ3) is 1.18. The molecule has 0 saturated carbocycles. The van der Waals surface area contributed by atoms with Crippen LogP contribution in [0.4, 0.5) is 0 Å². The van der Waals surface area contributed by atoms with Crippen LogP contribution in [0.1, 0.15) is 36.8 Å². The molecular formula is C12H14. The van der Waals surface area contributed by atoms with Crippen molar-refractivity contribution in [2.75, 3.05) is 0 Å². The fourth-order valence-corrected chi connectivity index (χ4v) is 1.89. The van der Waals surface area contributed by atoms with Gasteiger partial charge >= 0.3 is 0 Å². The van der Waals surface area contributed by atoms with Crippen LogP contribution in [0.25, 0.3) is 6.08 Å². The molecule has 12 heavy (non-hydrogen) atoms. The molecule has 0 radical (unpaired) electrons. The summed E-state index contributed by atoms with van der Waals surface area (Å²) >= 11 is 0. The molecule has 1 unspecified atom stereocenters. The maximum Gasteiger partial charge on any atom is 0.00271 e. The lowest BCUT2D eigenvalue weighted by atomic mass is 9.97. The molecular weight excluding hydrogens is 144 g/mol. The van der Waals surface area contributed by atoms with Gasteiger partial charge in [-0.2, -0.15) is 0 Å². The summed E-state index contributed by atoms with van der Waals surface area (Å²) in [5.74, 6) is 0.686. The summed E-state index contributed by atoms with van der Waals surface area (Å²) in [6.45, 7) is 2.24. The van der Waals surface area contributed by atoms with Gasteiger partial charge in [0.25, 0.3) is 0 Å². The minimum absolute atomic E-state index is 0.686. The summed E-state index contributed by atoms with van der Waals surface area (Å²) in [4.78, 5) is 0. The predicted molar refractivity (Wildman–Crippen MR) is 53.1 cm³/mol. The zero-order chi connectivity index (χ0) is 8.39. The molecule has 0 aliphatic heterocycles. The standard InChI is InChI=1S/C12H14/c1-2-5-10-8-9-11-6-3-4-7-12(10)11/h3-4,6-10H,2,5H2,1H3. The SMILES string of the molecule is CCCC1C=Cc2ccccc21. The number of hydrogen-bond donors (Lipinski definition) is 0. The van der Waals surface area contributed by atoms with Crippen molar-refractivity contribution in [3.05, 3.63) is 41.5 Å². The second-order valence-electron chi connectivity index (χ2n) is 3.38. The molecule has 0 nitrogen and oxygen atoms in total. The van der Waals surface area contributed by atoms with Crippen molar-refractivity contribution < 1.29 is 0 Å². The average Bonchev–Trinajstić information content (AvgIpc) is 2.50. The fourth-order valence-electron chi connectivity index (χ4n) is 1.89. The molecule has 0 fully saturated rings. The molecule has 0 N–H and O–H groups in total. The Bertz CT molecular complexity index is 297. The fraction of sp³-hybridized carbons (Fsp3) is 0.333. The Morgan fingerprint density at radius 3 is 2.92 bits per heavy atom. The van der Waals surface area contributed by atoms with Crippen LogP contribution in [-0.2, 0) is 0 Å². The first kappa shape index (κ1) is 7.60. The van der Waals surface area contributed by atoms with Crippen LogP contribution in [-0.4, -0.2) is 0 Å². The molecule has 0 aromatic heterocycles. The van der Waals surface area contributed by atoms with Gasteiger partial charge in [-0.3, -0.25) is 0 Å². The highest BCUT2D eigenvalue weighted by Crippen LogP contribution is 2.32. The van der Waals surface area contributed by atoms with Crippen LogP contribution in [0.5, 0.6) is 0 Å². The summed E-state index contributed by atoms with van der Waals surface area (Å²) < 4.78 is 0. The second-order valence-corrected chi connectivity index (χ2v) is 3.38. The van der Waals surface area contributed by atoms with E-state index in [0.717, 1.165) is 0 Å². The molecule has 1 aromatic carbocycles. The van der Waals surface area contributed by atoms with E-state index < -0.39 is 0 Å². The minimum Gasteiger partial charge on any atom is -0.0764 e. The van der Waals surface area contributed by atoms with E-state index in [-0.39, 0.29) is 0 Å². The van der Waals surface area contributed by atoms with Crippen LogP contribution < -0.4 is 0 Å². The Kier molecular flexibility index (Phi) is 1.99. The van der Waals surface area contributed by atoms with E-state index >= 15 is 0 Å². The van der Waals surface area contributed by atoms with Gasteiger partial charge in [0.15, 0.2) is 0 Å². The van der Waals surface area contributed by atoms with Crippen LogP contribution in [0.3, 0.4) is 0 Å². The van der Waals surface area contributed by atoms with E-state index in [1.807, 2.05) is 0 Å². The molecule has 1 aromatic rings. The lowest BCUT2D eigenvalue weighted by Gasteiger charge is -2.08. The van der Waals surface area contributed by atoms with E-state index in [9.17, 15) is 0 Å². The maximum atomic E-state index is 2.33. The van der Waals surface area contributed by atoms with Crippen LogP contribution in [0.15, 0.2) is 30.3 Å². The average molecular weight is 158 g/mol. The number of allylic oxidation sites excluding steroid dienone is 1. The quantitative estimate of drug-likeness (QED) is 0.617. The predicted octanol–water partition coefficient (Wildman–Crippen LogP) is 3.60. The first-order chi connectivity index (χ1) is 5.92. The number of rotatable bonds is 2. The van der Waals surface area contributed by atoms with Crippen LogP contribution in [0, 0.1) is 0 Å². The third-order valence-electron chi connectivity index (χ3n) is 2.50. The Morgan fingerprint density at radius 1 is 1.25 bits per heavy atom. The largest absolute Gasteiger partial charge is 0.0764 e. The Morgan fingerprint density at radius 2 is 2.08 bits per heavy atom. The van der Waals surface area contributed by atoms with Crippen LogP contribution in [0.2, 0.25) is 0 Å². The Balaban J connectivity index is 2.30. The summed E-state index contributed by atoms with van der Waals surface area (Å²) in [6, 6.07) is 8.68. The molecule has 0 bridgehead atoms. The van der Waals surface area contributed by atoms with Gasteiger partial charge in [0.05, 0.1) is 0 Å². The van der Waals surface area contributed by atoms with Crippen molar-refractivity contribution in [1.82, 2.24) is 0 Å². The lowest BCUT2D eigenvalue weighted by molar-refractivity contribution is 0.726. The van der Waals surface area contributed by atoms with Gasteiger partial charge in [-0.05, 0) is 17.5 Å². The van der Waals surface area contributed by atoms with Gasteiger partial charge in [0.2, 0.25) is 0 Å². The first-order valence-corrected chi connectivity index (χ1v) is 4.69. The smallest absolute Gasteiger partial charge is 0.00271 e. The number of fused-ring (bicyclic) bond motifs is 1. The zero-order valence-corrected chi connectivity index (χ0v) is 7.46. The Hall–Kier alpha value is -1.04. The summed E-state index contributed by atoms with van der Waals surface area (Å²) in [5, 5.41) is 0. The van der Waals surface area contributed by atoms with E-state index in [1.165, 1.54) is 24.0 Å². The molecule has 0 heterocycles. The normalized spacial score (nSPS) is 19.6. The Labute approximate surface area is 73.9 Å². The van der Waals surface area contributed by atoms with E-state index in [4.69, 9.17) is 0 Å². The summed E-state index contributed by atoms with van der Waals surface area (Å²) in [7, 11) is 0. The van der Waals surface area contributed by atoms with Gasteiger partial charge in [0.1, 0.15) is 0 Å². The third-order valence-corrected chi connectivity index (χ3v) is 2.50.